The lowest BCUT2D eigenvalue weighted by Crippen LogP contribution is -2.12. The maximum absolute atomic E-state index is 12.4. The Balaban J connectivity index is 1.78. The molecule has 1 aromatic heterocycles. The first kappa shape index (κ1) is 17.9. The summed E-state index contributed by atoms with van der Waals surface area (Å²) < 4.78 is 7.33. The number of ether oxygens (including phenoxy) is 1. The summed E-state index contributed by atoms with van der Waals surface area (Å²) >= 11 is 3.35. The van der Waals surface area contributed by atoms with Crippen LogP contribution >= 0.6 is 15.9 Å². The van der Waals surface area contributed by atoms with E-state index in [4.69, 9.17) is 4.74 Å². The second-order valence-electron chi connectivity index (χ2n) is 5.38. The molecule has 3 aromatic rings. The van der Waals surface area contributed by atoms with Crippen LogP contribution in [0.5, 0.6) is 0 Å². The molecule has 6 nitrogen and oxygen atoms in total. The van der Waals surface area contributed by atoms with Gasteiger partial charge in [-0.3, -0.25) is 4.79 Å². The van der Waals surface area contributed by atoms with Crippen molar-refractivity contribution < 1.29 is 14.3 Å². The van der Waals surface area contributed by atoms with Gasteiger partial charge < -0.3 is 10.1 Å². The smallest absolute Gasteiger partial charge is 0.358 e. The topological polar surface area (TPSA) is 73.2 Å². The van der Waals surface area contributed by atoms with E-state index >= 15 is 0 Å². The summed E-state index contributed by atoms with van der Waals surface area (Å²) in [5.41, 5.74) is 2.12. The van der Waals surface area contributed by atoms with Crippen LogP contribution in [-0.2, 0) is 4.74 Å². The predicted octanol–water partition coefficient (Wildman–Crippen LogP) is 4.06. The van der Waals surface area contributed by atoms with Crippen molar-refractivity contribution in [3.8, 4) is 5.69 Å². The average molecular weight is 414 g/mol. The molecule has 0 aliphatic rings. The van der Waals surface area contributed by atoms with Gasteiger partial charge in [-0.1, -0.05) is 28.1 Å². The molecule has 0 saturated carbocycles. The summed E-state index contributed by atoms with van der Waals surface area (Å²) in [6, 6.07) is 15.9. The van der Waals surface area contributed by atoms with E-state index in [2.05, 4.69) is 26.3 Å². The minimum atomic E-state index is -0.467. The molecule has 1 N–H and O–H groups in total. The highest BCUT2D eigenvalue weighted by Crippen LogP contribution is 2.17. The molecule has 1 heterocycles. The third-order valence-corrected chi connectivity index (χ3v) is 4.02. The summed E-state index contributed by atoms with van der Waals surface area (Å²) in [5, 5.41) is 7.07. The first-order valence-electron chi connectivity index (χ1n) is 7.97. The number of hydrogen-bond acceptors (Lipinski definition) is 4. The normalized spacial score (nSPS) is 10.4. The Morgan fingerprint density at radius 1 is 1.15 bits per heavy atom. The van der Waals surface area contributed by atoms with Gasteiger partial charge in [0, 0.05) is 21.9 Å². The maximum atomic E-state index is 12.4. The highest BCUT2D eigenvalue weighted by Gasteiger charge is 2.12. The van der Waals surface area contributed by atoms with Crippen LogP contribution in [0.15, 0.2) is 65.3 Å². The van der Waals surface area contributed by atoms with Crippen LogP contribution in [0.4, 0.5) is 5.69 Å². The number of amides is 1. The monoisotopic (exact) mass is 413 g/mol. The predicted molar refractivity (Wildman–Crippen MR) is 102 cm³/mol. The Morgan fingerprint density at radius 2 is 1.96 bits per heavy atom. The third kappa shape index (κ3) is 4.18. The lowest BCUT2D eigenvalue weighted by Gasteiger charge is -2.08. The fourth-order valence-electron chi connectivity index (χ4n) is 2.34. The number of hydrogen-bond donors (Lipinski definition) is 1. The summed E-state index contributed by atoms with van der Waals surface area (Å²) in [7, 11) is 0. The van der Waals surface area contributed by atoms with Gasteiger partial charge in [0.2, 0.25) is 0 Å². The molecular weight excluding hydrogens is 398 g/mol. The van der Waals surface area contributed by atoms with Gasteiger partial charge in [-0.2, -0.15) is 5.10 Å². The molecule has 0 unspecified atom stereocenters. The number of esters is 1. The van der Waals surface area contributed by atoms with Crippen LogP contribution in [0, 0.1) is 0 Å². The Morgan fingerprint density at radius 3 is 2.73 bits per heavy atom. The van der Waals surface area contributed by atoms with Gasteiger partial charge in [0.1, 0.15) is 0 Å². The van der Waals surface area contributed by atoms with Gasteiger partial charge in [0.05, 0.1) is 12.3 Å². The number of benzene rings is 2. The van der Waals surface area contributed by atoms with E-state index in [0.29, 0.717) is 23.5 Å². The molecule has 2 aromatic carbocycles. The van der Waals surface area contributed by atoms with Crippen LogP contribution < -0.4 is 5.32 Å². The molecule has 0 bridgehead atoms. The molecular formula is C19H16BrN3O3. The summed E-state index contributed by atoms with van der Waals surface area (Å²) in [4.78, 5) is 24.1. The first-order valence-corrected chi connectivity index (χ1v) is 8.76. The largest absolute Gasteiger partial charge is 0.461 e. The van der Waals surface area contributed by atoms with Crippen molar-refractivity contribution in [3.05, 3.63) is 76.5 Å². The Bertz CT molecular complexity index is 952. The molecule has 0 spiro atoms. The molecule has 0 fully saturated rings. The Hall–Kier alpha value is -2.93. The molecule has 132 valence electrons. The Kier molecular flexibility index (Phi) is 5.48. The van der Waals surface area contributed by atoms with Crippen LogP contribution in [0.3, 0.4) is 0 Å². The van der Waals surface area contributed by atoms with Gasteiger partial charge in [-0.05, 0) is 49.4 Å². The average Bonchev–Trinajstić information content (AvgIpc) is 3.12. The highest BCUT2D eigenvalue weighted by molar-refractivity contribution is 9.10. The van der Waals surface area contributed by atoms with E-state index in [9.17, 15) is 9.59 Å². The molecule has 7 heteroatoms. The van der Waals surface area contributed by atoms with Crippen molar-refractivity contribution in [1.82, 2.24) is 9.78 Å². The number of aromatic nitrogens is 2. The van der Waals surface area contributed by atoms with Crippen LogP contribution in [-0.4, -0.2) is 28.3 Å². The van der Waals surface area contributed by atoms with Crippen molar-refractivity contribution >= 4 is 33.5 Å². The van der Waals surface area contributed by atoms with Crippen molar-refractivity contribution in [2.45, 2.75) is 6.92 Å². The van der Waals surface area contributed by atoms with E-state index in [1.165, 1.54) is 0 Å². The van der Waals surface area contributed by atoms with Gasteiger partial charge in [0.25, 0.3) is 5.91 Å². The van der Waals surface area contributed by atoms with E-state index in [1.54, 1.807) is 60.3 Å². The van der Waals surface area contributed by atoms with Crippen molar-refractivity contribution in [2.24, 2.45) is 0 Å². The van der Waals surface area contributed by atoms with Gasteiger partial charge in [0.15, 0.2) is 5.69 Å². The second kappa shape index (κ2) is 7.97. The summed E-state index contributed by atoms with van der Waals surface area (Å²) in [5.74, 6) is -0.679. The SMILES string of the molecule is CCOC(=O)c1ccn(-c2cccc(NC(=O)c3cccc(Br)c3)c2)n1. The van der Waals surface area contributed by atoms with Crippen molar-refractivity contribution in [3.63, 3.8) is 0 Å². The number of halogens is 1. The molecule has 0 atom stereocenters. The number of rotatable bonds is 5. The van der Waals surface area contributed by atoms with E-state index in [-0.39, 0.29) is 11.6 Å². The lowest BCUT2D eigenvalue weighted by molar-refractivity contribution is 0.0519. The number of carbonyl (C=O) groups is 2. The number of nitrogens with one attached hydrogen (secondary N) is 1. The van der Waals surface area contributed by atoms with Crippen LogP contribution in [0.2, 0.25) is 0 Å². The lowest BCUT2D eigenvalue weighted by atomic mass is 10.2. The van der Waals surface area contributed by atoms with Crippen molar-refractivity contribution in [2.75, 3.05) is 11.9 Å². The second-order valence-corrected chi connectivity index (χ2v) is 6.30. The van der Waals surface area contributed by atoms with E-state index < -0.39 is 5.97 Å². The fraction of sp³-hybridized carbons (Fsp3) is 0.105. The highest BCUT2D eigenvalue weighted by atomic mass is 79.9. The van der Waals surface area contributed by atoms with Crippen LogP contribution in [0.25, 0.3) is 5.69 Å². The zero-order valence-electron chi connectivity index (χ0n) is 14.0. The van der Waals surface area contributed by atoms with E-state index in [0.717, 1.165) is 4.47 Å². The fourth-order valence-corrected chi connectivity index (χ4v) is 2.74. The quantitative estimate of drug-likeness (QED) is 0.639. The zero-order chi connectivity index (χ0) is 18.5. The van der Waals surface area contributed by atoms with Gasteiger partial charge >= 0.3 is 5.97 Å². The number of anilines is 1. The minimum Gasteiger partial charge on any atom is -0.461 e. The molecule has 0 radical (unpaired) electrons. The van der Waals surface area contributed by atoms with Gasteiger partial charge in [-0.15, -0.1) is 0 Å². The standard InChI is InChI=1S/C19H16BrN3O3/c1-2-26-19(25)17-9-10-23(22-17)16-8-4-7-15(12-16)21-18(24)13-5-3-6-14(20)11-13/h3-12H,2H2,1H3,(H,21,24). The first-order chi connectivity index (χ1) is 12.6. The third-order valence-electron chi connectivity index (χ3n) is 3.53. The van der Waals surface area contributed by atoms with Crippen LogP contribution in [0.1, 0.15) is 27.8 Å². The molecule has 1 amide bonds. The molecule has 0 saturated heterocycles. The molecule has 26 heavy (non-hydrogen) atoms. The Labute approximate surface area is 158 Å². The van der Waals surface area contributed by atoms with Crippen molar-refractivity contribution in [1.29, 1.82) is 0 Å². The number of carbonyl (C=O) groups excluding carboxylic acids is 2. The minimum absolute atomic E-state index is 0.212. The number of nitrogens with zero attached hydrogens (tertiary/aromatic N) is 2. The summed E-state index contributed by atoms with van der Waals surface area (Å²) in [6.07, 6.45) is 1.67. The molecule has 3 rings (SSSR count). The maximum Gasteiger partial charge on any atom is 0.358 e. The molecule has 0 aliphatic carbocycles. The zero-order valence-corrected chi connectivity index (χ0v) is 15.6. The van der Waals surface area contributed by atoms with Gasteiger partial charge in [-0.25, -0.2) is 9.48 Å². The van der Waals surface area contributed by atoms with E-state index in [1.807, 2.05) is 12.1 Å². The molecule has 0 aliphatic heterocycles. The summed E-state index contributed by atoms with van der Waals surface area (Å²) in [6.45, 7) is 2.04.